The van der Waals surface area contributed by atoms with Crippen molar-refractivity contribution < 1.29 is 15.0 Å². The van der Waals surface area contributed by atoms with Gasteiger partial charge in [0.1, 0.15) is 0 Å². The Labute approximate surface area is 82.5 Å². The zero-order valence-electron chi connectivity index (χ0n) is 7.82. The van der Waals surface area contributed by atoms with Gasteiger partial charge >= 0.3 is 5.97 Å². The van der Waals surface area contributed by atoms with Crippen LogP contribution in [-0.2, 0) is 4.79 Å². The minimum Gasteiger partial charge on any atom is -0.481 e. The van der Waals surface area contributed by atoms with E-state index in [0.717, 1.165) is 18.6 Å². The molecule has 1 aliphatic rings. The van der Waals surface area contributed by atoms with Gasteiger partial charge in [-0.15, -0.1) is 0 Å². The van der Waals surface area contributed by atoms with E-state index in [0.29, 0.717) is 6.42 Å². The van der Waals surface area contributed by atoms with Gasteiger partial charge < -0.3 is 10.2 Å². The average Bonchev–Trinajstić information content (AvgIpc) is 2.07. The monoisotopic (exact) mass is 204 g/mol. The van der Waals surface area contributed by atoms with Crippen molar-refractivity contribution >= 4 is 17.7 Å². The van der Waals surface area contributed by atoms with Crippen molar-refractivity contribution in [2.24, 2.45) is 0 Å². The van der Waals surface area contributed by atoms with E-state index in [1.54, 1.807) is 11.8 Å². The molecule has 3 nitrogen and oxygen atoms in total. The van der Waals surface area contributed by atoms with E-state index >= 15 is 0 Å². The lowest BCUT2D eigenvalue weighted by atomic mass is 9.89. The van der Waals surface area contributed by atoms with Crippen LogP contribution in [-0.4, -0.2) is 32.8 Å². The molecule has 1 fully saturated rings. The molecule has 0 aromatic carbocycles. The normalized spacial score (nSPS) is 34.5. The molecule has 76 valence electrons. The molecule has 1 rings (SSSR count). The molecule has 1 aliphatic heterocycles. The van der Waals surface area contributed by atoms with E-state index < -0.39 is 11.6 Å². The first-order chi connectivity index (χ1) is 6.04. The molecule has 0 aromatic heterocycles. The molecule has 2 unspecified atom stereocenters. The minimum atomic E-state index is -0.823. The summed E-state index contributed by atoms with van der Waals surface area (Å²) in [6, 6.07) is 0. The van der Waals surface area contributed by atoms with Gasteiger partial charge in [-0.25, -0.2) is 0 Å². The number of hydrogen-bond donors (Lipinski definition) is 2. The summed E-state index contributed by atoms with van der Waals surface area (Å²) in [5.74, 6) is 0.257. The lowest BCUT2D eigenvalue weighted by molar-refractivity contribution is -0.138. The molecular formula is C9H16O3S. The average molecular weight is 204 g/mol. The Morgan fingerprint density at radius 1 is 1.69 bits per heavy atom. The van der Waals surface area contributed by atoms with Crippen LogP contribution in [0.4, 0.5) is 0 Å². The molecule has 0 saturated carbocycles. The van der Waals surface area contributed by atoms with Gasteiger partial charge in [-0.3, -0.25) is 4.79 Å². The highest BCUT2D eigenvalue weighted by Gasteiger charge is 2.36. The maximum absolute atomic E-state index is 10.4. The van der Waals surface area contributed by atoms with Crippen LogP contribution < -0.4 is 0 Å². The molecule has 2 atom stereocenters. The van der Waals surface area contributed by atoms with Crippen LogP contribution in [0.3, 0.4) is 0 Å². The summed E-state index contributed by atoms with van der Waals surface area (Å²) in [6.45, 7) is 1.98. The Hall–Kier alpha value is -0.220. The summed E-state index contributed by atoms with van der Waals surface area (Å²) in [4.78, 5) is 10.4. The second-order valence-electron chi connectivity index (χ2n) is 3.61. The van der Waals surface area contributed by atoms with Crippen molar-refractivity contribution in [1.29, 1.82) is 0 Å². The molecule has 2 N–H and O–H groups in total. The maximum Gasteiger partial charge on any atom is 0.303 e. The SMILES string of the molecule is CC1SCCCC1(O)CCC(=O)O. The van der Waals surface area contributed by atoms with Crippen molar-refractivity contribution in [3.8, 4) is 0 Å². The van der Waals surface area contributed by atoms with Crippen LogP contribution in [0.1, 0.15) is 32.6 Å². The highest BCUT2D eigenvalue weighted by atomic mass is 32.2. The fraction of sp³-hybridized carbons (Fsp3) is 0.889. The van der Waals surface area contributed by atoms with E-state index in [-0.39, 0.29) is 11.7 Å². The Bertz CT molecular complexity index is 195. The molecule has 0 bridgehead atoms. The molecule has 0 amide bonds. The highest BCUT2D eigenvalue weighted by molar-refractivity contribution is 8.00. The van der Waals surface area contributed by atoms with Gasteiger partial charge in [0, 0.05) is 11.7 Å². The number of thioether (sulfide) groups is 1. The quantitative estimate of drug-likeness (QED) is 0.731. The first kappa shape index (κ1) is 10.9. The first-order valence-electron chi connectivity index (χ1n) is 4.60. The van der Waals surface area contributed by atoms with E-state index in [9.17, 15) is 9.90 Å². The number of carbonyl (C=O) groups is 1. The molecule has 0 radical (unpaired) electrons. The first-order valence-corrected chi connectivity index (χ1v) is 5.65. The van der Waals surface area contributed by atoms with Gasteiger partial charge in [0.05, 0.1) is 5.60 Å². The summed E-state index contributed by atoms with van der Waals surface area (Å²) < 4.78 is 0. The molecule has 4 heteroatoms. The zero-order valence-corrected chi connectivity index (χ0v) is 8.64. The molecule has 0 aromatic rings. The molecule has 13 heavy (non-hydrogen) atoms. The van der Waals surface area contributed by atoms with Crippen molar-refractivity contribution in [1.82, 2.24) is 0 Å². The van der Waals surface area contributed by atoms with Gasteiger partial charge in [-0.1, -0.05) is 6.92 Å². The van der Waals surface area contributed by atoms with Crippen LogP contribution >= 0.6 is 11.8 Å². The molecule has 1 heterocycles. The van der Waals surface area contributed by atoms with Gasteiger partial charge in [0.15, 0.2) is 0 Å². The highest BCUT2D eigenvalue weighted by Crippen LogP contribution is 2.36. The largest absolute Gasteiger partial charge is 0.481 e. The summed E-state index contributed by atoms with van der Waals surface area (Å²) in [5, 5.41) is 18.8. The van der Waals surface area contributed by atoms with Gasteiger partial charge in [-0.2, -0.15) is 11.8 Å². The molecule has 1 saturated heterocycles. The van der Waals surface area contributed by atoms with Gasteiger partial charge in [0.25, 0.3) is 0 Å². The van der Waals surface area contributed by atoms with Crippen molar-refractivity contribution in [2.75, 3.05) is 5.75 Å². The molecule has 0 aliphatic carbocycles. The van der Waals surface area contributed by atoms with E-state index in [2.05, 4.69) is 0 Å². The Balaban J connectivity index is 2.46. The number of carboxylic acid groups (broad SMARTS) is 1. The fourth-order valence-electron chi connectivity index (χ4n) is 1.65. The lowest BCUT2D eigenvalue weighted by Crippen LogP contribution is -2.41. The topological polar surface area (TPSA) is 57.5 Å². The third-order valence-electron chi connectivity index (χ3n) is 2.65. The predicted molar refractivity (Wildman–Crippen MR) is 53.0 cm³/mol. The summed E-state index contributed by atoms with van der Waals surface area (Å²) in [7, 11) is 0. The lowest BCUT2D eigenvalue weighted by Gasteiger charge is -2.37. The summed E-state index contributed by atoms with van der Waals surface area (Å²) in [5.41, 5.74) is -0.749. The van der Waals surface area contributed by atoms with Crippen LogP contribution in [0, 0.1) is 0 Å². The third kappa shape index (κ3) is 2.88. The summed E-state index contributed by atoms with van der Waals surface area (Å²) in [6.07, 6.45) is 2.19. The number of aliphatic hydroxyl groups is 1. The fourth-order valence-corrected chi connectivity index (χ4v) is 2.86. The number of aliphatic carboxylic acids is 1. The van der Waals surface area contributed by atoms with Crippen LogP contribution in [0.2, 0.25) is 0 Å². The van der Waals surface area contributed by atoms with Gasteiger partial charge in [0.2, 0.25) is 0 Å². The number of carboxylic acids is 1. The van der Waals surface area contributed by atoms with Crippen LogP contribution in [0.15, 0.2) is 0 Å². The second kappa shape index (κ2) is 4.33. The van der Waals surface area contributed by atoms with Crippen molar-refractivity contribution in [3.63, 3.8) is 0 Å². The van der Waals surface area contributed by atoms with Crippen molar-refractivity contribution in [2.45, 2.75) is 43.5 Å². The second-order valence-corrected chi connectivity index (χ2v) is 5.06. The van der Waals surface area contributed by atoms with Gasteiger partial charge in [-0.05, 0) is 25.0 Å². The van der Waals surface area contributed by atoms with Crippen molar-refractivity contribution in [3.05, 3.63) is 0 Å². The zero-order chi connectivity index (χ0) is 9.90. The van der Waals surface area contributed by atoms with E-state index in [4.69, 9.17) is 5.11 Å². The predicted octanol–water partition coefficient (Wildman–Crippen LogP) is 1.50. The minimum absolute atomic E-state index is 0.0708. The smallest absolute Gasteiger partial charge is 0.303 e. The van der Waals surface area contributed by atoms with E-state index in [1.165, 1.54) is 0 Å². The Kier molecular flexibility index (Phi) is 3.62. The molecule has 0 spiro atoms. The van der Waals surface area contributed by atoms with Crippen LogP contribution in [0.5, 0.6) is 0 Å². The maximum atomic E-state index is 10.4. The Morgan fingerprint density at radius 2 is 2.38 bits per heavy atom. The number of rotatable bonds is 3. The molecular weight excluding hydrogens is 188 g/mol. The number of hydrogen-bond acceptors (Lipinski definition) is 3. The third-order valence-corrected chi connectivity index (χ3v) is 4.11. The summed E-state index contributed by atoms with van der Waals surface area (Å²) >= 11 is 1.73. The van der Waals surface area contributed by atoms with Crippen LogP contribution in [0.25, 0.3) is 0 Å². The standard InChI is InChI=1S/C9H16O3S/c1-7-9(12,4-2-6-13-7)5-3-8(10)11/h7,12H,2-6H2,1H3,(H,10,11). The van der Waals surface area contributed by atoms with E-state index in [1.807, 2.05) is 6.92 Å². The Morgan fingerprint density at radius 3 is 2.92 bits per heavy atom.